The number of nitrogens with zero attached hydrogens (tertiary/aromatic N) is 2. The average molecular weight is 464 g/mol. The van der Waals surface area contributed by atoms with Gasteiger partial charge in [-0.05, 0) is 62.0 Å². The number of thiocarbonyl (C=S) groups is 1. The number of halogens is 2. The summed E-state index contributed by atoms with van der Waals surface area (Å²) in [6, 6.07) is 8.59. The first-order valence-electron chi connectivity index (χ1n) is 9.59. The van der Waals surface area contributed by atoms with E-state index in [1.165, 1.54) is 23.1 Å². The van der Waals surface area contributed by atoms with E-state index in [0.29, 0.717) is 40.0 Å². The quantitative estimate of drug-likeness (QED) is 0.641. The number of nitrogens with one attached hydrogen (secondary N) is 1. The molecule has 1 unspecified atom stereocenters. The van der Waals surface area contributed by atoms with Crippen LogP contribution >= 0.6 is 23.8 Å². The topological polar surface area (TPSA) is 65.0 Å². The number of carbonyl (C=O) groups is 1. The molecular weight excluding hydrogens is 441 g/mol. The summed E-state index contributed by atoms with van der Waals surface area (Å²) in [5, 5.41) is 13.5. The molecule has 0 aromatic heterocycles. The minimum absolute atomic E-state index is 0.00718. The minimum Gasteiger partial charge on any atom is -0.504 e. The summed E-state index contributed by atoms with van der Waals surface area (Å²) in [6.07, 6.45) is 0. The van der Waals surface area contributed by atoms with Gasteiger partial charge in [0.2, 0.25) is 0 Å². The van der Waals surface area contributed by atoms with Crippen LogP contribution in [0.3, 0.4) is 0 Å². The summed E-state index contributed by atoms with van der Waals surface area (Å²) in [7, 11) is 3.32. The Morgan fingerprint density at radius 1 is 1.32 bits per heavy atom. The van der Waals surface area contributed by atoms with E-state index < -0.39 is 11.9 Å². The molecule has 31 heavy (non-hydrogen) atoms. The lowest BCUT2D eigenvalue weighted by Gasteiger charge is -2.38. The zero-order valence-electron chi connectivity index (χ0n) is 17.6. The monoisotopic (exact) mass is 463 g/mol. The predicted molar refractivity (Wildman–Crippen MR) is 123 cm³/mol. The molecule has 1 heterocycles. The molecule has 0 saturated heterocycles. The Kier molecular flexibility index (Phi) is 6.71. The Morgan fingerprint density at radius 2 is 2.03 bits per heavy atom. The smallest absolute Gasteiger partial charge is 0.253 e. The van der Waals surface area contributed by atoms with E-state index in [9.17, 15) is 14.3 Å². The molecule has 1 atom stereocenters. The van der Waals surface area contributed by atoms with Gasteiger partial charge in [0, 0.05) is 25.5 Å². The third-order valence-electron chi connectivity index (χ3n) is 4.90. The molecule has 1 aliphatic heterocycles. The van der Waals surface area contributed by atoms with Crippen molar-refractivity contribution in [3.8, 4) is 11.5 Å². The van der Waals surface area contributed by atoms with Gasteiger partial charge in [-0.2, -0.15) is 0 Å². The van der Waals surface area contributed by atoms with Crippen molar-refractivity contribution in [3.05, 3.63) is 64.1 Å². The Hall–Kier alpha value is -2.84. The predicted octanol–water partition coefficient (Wildman–Crippen LogP) is 4.38. The van der Waals surface area contributed by atoms with Crippen LogP contribution in [-0.4, -0.2) is 41.7 Å². The Balaban J connectivity index is 2.16. The third kappa shape index (κ3) is 4.45. The van der Waals surface area contributed by atoms with Gasteiger partial charge in [-0.25, -0.2) is 4.39 Å². The van der Waals surface area contributed by atoms with E-state index in [4.69, 9.17) is 28.6 Å². The van der Waals surface area contributed by atoms with Crippen LogP contribution in [0.1, 0.15) is 25.5 Å². The normalized spacial score (nSPS) is 16.3. The fraction of sp³-hybridized carbons (Fsp3) is 0.273. The molecule has 3 rings (SSSR count). The van der Waals surface area contributed by atoms with Gasteiger partial charge in [0.05, 0.1) is 23.2 Å². The molecule has 164 valence electrons. The van der Waals surface area contributed by atoms with Crippen LogP contribution in [0, 0.1) is 5.82 Å². The number of amides is 1. The van der Waals surface area contributed by atoms with Crippen molar-refractivity contribution in [3.63, 3.8) is 0 Å². The zero-order chi connectivity index (χ0) is 22.9. The highest BCUT2D eigenvalue weighted by atomic mass is 35.5. The molecule has 1 amide bonds. The molecule has 0 radical (unpaired) electrons. The number of anilines is 1. The van der Waals surface area contributed by atoms with Crippen LogP contribution in [0.5, 0.6) is 11.5 Å². The number of allylic oxidation sites excluding steroid dienone is 1. The average Bonchev–Trinajstić information content (AvgIpc) is 2.71. The van der Waals surface area contributed by atoms with Gasteiger partial charge in [0.25, 0.3) is 5.91 Å². The Labute approximate surface area is 190 Å². The highest BCUT2D eigenvalue weighted by Crippen LogP contribution is 2.38. The standard InChI is InChI=1S/C22H23ClFN3O3S/c1-5-30-18-10-13(6-9-17(18)28)20-19(21(29)26(3)4)12(2)27(22(31)25-20)14-7-8-16(24)15(23)11-14/h6-11,20,28H,5H2,1-4H3,(H,25,31). The number of hydrogen-bond donors (Lipinski definition) is 2. The summed E-state index contributed by atoms with van der Waals surface area (Å²) < 4.78 is 19.2. The first kappa shape index (κ1) is 22.8. The van der Waals surface area contributed by atoms with E-state index in [1.807, 2.05) is 6.92 Å². The molecule has 1 aliphatic rings. The van der Waals surface area contributed by atoms with Crippen LogP contribution in [0.2, 0.25) is 5.02 Å². The summed E-state index contributed by atoms with van der Waals surface area (Å²) in [5.41, 5.74) is 2.27. The van der Waals surface area contributed by atoms with Crippen molar-refractivity contribution in [2.24, 2.45) is 0 Å². The molecule has 0 aliphatic carbocycles. The SMILES string of the molecule is CCOc1cc(C2NC(=S)N(c3ccc(F)c(Cl)c3)C(C)=C2C(=O)N(C)C)ccc1O. The minimum atomic E-state index is -0.575. The number of phenolic OH excluding ortho intramolecular Hbond substituents is 1. The highest BCUT2D eigenvalue weighted by Gasteiger charge is 2.35. The van der Waals surface area contributed by atoms with Crippen LogP contribution < -0.4 is 15.0 Å². The number of hydrogen-bond acceptors (Lipinski definition) is 4. The van der Waals surface area contributed by atoms with E-state index in [2.05, 4.69) is 5.32 Å². The van der Waals surface area contributed by atoms with Gasteiger partial charge < -0.3 is 20.1 Å². The number of likely N-dealkylation sites (N-methyl/N-ethyl adjacent to an activating group) is 1. The zero-order valence-corrected chi connectivity index (χ0v) is 19.1. The number of benzene rings is 2. The maximum absolute atomic E-state index is 13.7. The van der Waals surface area contributed by atoms with E-state index in [0.717, 1.165) is 0 Å². The fourth-order valence-corrected chi connectivity index (χ4v) is 3.96. The molecule has 0 spiro atoms. The lowest BCUT2D eigenvalue weighted by atomic mass is 9.93. The van der Waals surface area contributed by atoms with Gasteiger partial charge in [-0.1, -0.05) is 17.7 Å². The summed E-state index contributed by atoms with van der Waals surface area (Å²) >= 11 is 11.6. The number of aromatic hydroxyl groups is 1. The largest absolute Gasteiger partial charge is 0.504 e. The van der Waals surface area contributed by atoms with Crippen LogP contribution in [-0.2, 0) is 4.79 Å². The van der Waals surface area contributed by atoms with Gasteiger partial charge in [-0.15, -0.1) is 0 Å². The van der Waals surface area contributed by atoms with Crippen molar-refractivity contribution in [1.82, 2.24) is 10.2 Å². The maximum atomic E-state index is 13.7. The first-order chi connectivity index (χ1) is 14.6. The van der Waals surface area contributed by atoms with E-state index in [1.54, 1.807) is 44.1 Å². The molecule has 0 saturated carbocycles. The summed E-state index contributed by atoms with van der Waals surface area (Å²) in [5.74, 6) is -0.442. The van der Waals surface area contributed by atoms with Crippen LogP contribution in [0.4, 0.5) is 10.1 Å². The first-order valence-corrected chi connectivity index (χ1v) is 10.4. The van der Waals surface area contributed by atoms with Crippen molar-refractivity contribution in [2.45, 2.75) is 19.9 Å². The molecule has 2 N–H and O–H groups in total. The van der Waals surface area contributed by atoms with Gasteiger partial charge in [-0.3, -0.25) is 9.69 Å². The summed E-state index contributed by atoms with van der Waals surface area (Å²) in [4.78, 5) is 16.3. The molecule has 0 bridgehead atoms. The highest BCUT2D eigenvalue weighted by molar-refractivity contribution is 7.80. The van der Waals surface area contributed by atoms with E-state index in [-0.39, 0.29) is 16.7 Å². The van der Waals surface area contributed by atoms with Crippen LogP contribution in [0.15, 0.2) is 47.7 Å². The van der Waals surface area contributed by atoms with E-state index >= 15 is 0 Å². The van der Waals surface area contributed by atoms with Gasteiger partial charge in [0.1, 0.15) is 5.82 Å². The summed E-state index contributed by atoms with van der Waals surface area (Å²) in [6.45, 7) is 3.97. The van der Waals surface area contributed by atoms with Crippen molar-refractivity contribution < 1.29 is 19.0 Å². The Bertz CT molecular complexity index is 1070. The van der Waals surface area contributed by atoms with Crippen LogP contribution in [0.25, 0.3) is 0 Å². The van der Waals surface area contributed by atoms with Crippen molar-refractivity contribution >= 4 is 40.5 Å². The molecule has 9 heteroatoms. The van der Waals surface area contributed by atoms with Gasteiger partial charge in [0.15, 0.2) is 16.6 Å². The number of carbonyl (C=O) groups excluding carboxylic acids is 1. The second-order valence-electron chi connectivity index (χ2n) is 7.18. The molecule has 6 nitrogen and oxygen atoms in total. The van der Waals surface area contributed by atoms with Crippen molar-refractivity contribution in [1.29, 1.82) is 0 Å². The number of phenols is 1. The number of ether oxygens (including phenoxy) is 1. The second kappa shape index (κ2) is 9.11. The van der Waals surface area contributed by atoms with Crippen molar-refractivity contribution in [2.75, 3.05) is 25.6 Å². The molecular formula is C22H23ClFN3O3S. The molecule has 0 fully saturated rings. The molecule has 2 aromatic carbocycles. The maximum Gasteiger partial charge on any atom is 0.253 e. The Morgan fingerprint density at radius 3 is 2.65 bits per heavy atom. The lowest BCUT2D eigenvalue weighted by molar-refractivity contribution is -0.125. The van der Waals surface area contributed by atoms with Gasteiger partial charge >= 0.3 is 0 Å². The second-order valence-corrected chi connectivity index (χ2v) is 7.97. The lowest BCUT2D eigenvalue weighted by Crippen LogP contribution is -2.49. The third-order valence-corrected chi connectivity index (χ3v) is 5.49. The number of rotatable bonds is 5. The fourth-order valence-electron chi connectivity index (χ4n) is 3.43. The molecule has 2 aromatic rings.